The minimum Gasteiger partial charge on any atom is -0.481 e. The molecule has 98 valence electrons. The second-order valence-corrected chi connectivity index (χ2v) is 5.22. The molecule has 2 aliphatic rings. The smallest absolute Gasteiger partial charge is 0.225 e. The van der Waals surface area contributed by atoms with E-state index in [1.165, 1.54) is 32.1 Å². The van der Waals surface area contributed by atoms with E-state index in [4.69, 9.17) is 10.5 Å². The highest BCUT2D eigenvalue weighted by atomic mass is 16.5. The maximum Gasteiger partial charge on any atom is 0.225 e. The van der Waals surface area contributed by atoms with Gasteiger partial charge in [-0.3, -0.25) is 0 Å². The minimum atomic E-state index is 0.296. The van der Waals surface area contributed by atoms with Gasteiger partial charge in [-0.15, -0.1) is 0 Å². The summed E-state index contributed by atoms with van der Waals surface area (Å²) in [6.07, 6.45) is 6.57. The highest BCUT2D eigenvalue weighted by Crippen LogP contribution is 2.39. The van der Waals surface area contributed by atoms with Gasteiger partial charge < -0.3 is 15.4 Å². The Morgan fingerprint density at radius 2 is 2.11 bits per heavy atom. The Hall–Kier alpha value is -1.52. The van der Waals surface area contributed by atoms with Gasteiger partial charge in [0, 0.05) is 18.7 Å². The van der Waals surface area contributed by atoms with Gasteiger partial charge >= 0.3 is 0 Å². The lowest BCUT2D eigenvalue weighted by atomic mass is 9.92. The van der Waals surface area contributed by atoms with E-state index in [2.05, 4.69) is 14.9 Å². The molecule has 18 heavy (non-hydrogen) atoms. The molecule has 1 aromatic rings. The first-order valence-corrected chi connectivity index (χ1v) is 6.73. The number of ether oxygens (including phenoxy) is 1. The van der Waals surface area contributed by atoms with Crippen molar-refractivity contribution in [1.82, 2.24) is 9.97 Å². The van der Waals surface area contributed by atoms with E-state index in [0.29, 0.717) is 17.9 Å². The minimum absolute atomic E-state index is 0.296. The van der Waals surface area contributed by atoms with Crippen molar-refractivity contribution in [2.24, 2.45) is 5.92 Å². The van der Waals surface area contributed by atoms with E-state index in [1.807, 2.05) is 6.07 Å². The van der Waals surface area contributed by atoms with Crippen LogP contribution in [0.4, 0.5) is 11.8 Å². The number of nitrogens with two attached hydrogens (primary N) is 1. The zero-order valence-corrected chi connectivity index (χ0v) is 10.8. The Labute approximate surface area is 107 Å². The molecule has 2 N–H and O–H groups in total. The van der Waals surface area contributed by atoms with Crippen LogP contribution in [0.5, 0.6) is 5.88 Å². The normalized spacial score (nSPS) is 27.1. The average molecular weight is 248 g/mol. The van der Waals surface area contributed by atoms with E-state index >= 15 is 0 Å². The molecule has 0 radical (unpaired) electrons. The molecule has 0 amide bonds. The van der Waals surface area contributed by atoms with Crippen LogP contribution in [0.3, 0.4) is 0 Å². The van der Waals surface area contributed by atoms with Crippen LogP contribution < -0.4 is 15.4 Å². The second kappa shape index (κ2) is 4.63. The van der Waals surface area contributed by atoms with Crippen molar-refractivity contribution in [3.63, 3.8) is 0 Å². The monoisotopic (exact) mass is 248 g/mol. The first-order chi connectivity index (χ1) is 8.78. The van der Waals surface area contributed by atoms with Gasteiger partial charge in [-0.25, -0.2) is 0 Å². The van der Waals surface area contributed by atoms with Gasteiger partial charge in [-0.05, 0) is 31.6 Å². The van der Waals surface area contributed by atoms with Gasteiger partial charge in [0.25, 0.3) is 0 Å². The molecule has 0 bridgehead atoms. The molecular weight excluding hydrogens is 228 g/mol. The van der Waals surface area contributed by atoms with Crippen LogP contribution in [0.2, 0.25) is 0 Å². The molecule has 3 rings (SSSR count). The summed E-state index contributed by atoms with van der Waals surface area (Å²) in [5, 5.41) is 0. The van der Waals surface area contributed by atoms with Crippen molar-refractivity contribution in [3.05, 3.63) is 6.07 Å². The third-order valence-electron chi connectivity index (χ3n) is 4.20. The van der Waals surface area contributed by atoms with Gasteiger partial charge in [-0.1, -0.05) is 6.42 Å². The number of aromatic nitrogens is 2. The number of hydrogen-bond acceptors (Lipinski definition) is 5. The summed E-state index contributed by atoms with van der Waals surface area (Å²) in [5.74, 6) is 2.61. The summed E-state index contributed by atoms with van der Waals surface area (Å²) in [6.45, 7) is 1.07. The van der Waals surface area contributed by atoms with Crippen molar-refractivity contribution in [2.45, 2.75) is 38.1 Å². The number of rotatable bonds is 2. The third-order valence-corrected chi connectivity index (χ3v) is 4.20. The summed E-state index contributed by atoms with van der Waals surface area (Å²) >= 11 is 0. The van der Waals surface area contributed by atoms with Crippen molar-refractivity contribution in [1.29, 1.82) is 0 Å². The molecule has 0 aromatic carbocycles. The van der Waals surface area contributed by atoms with E-state index in [9.17, 15) is 0 Å². The van der Waals surface area contributed by atoms with Crippen LogP contribution in [0.25, 0.3) is 0 Å². The fourth-order valence-electron chi connectivity index (χ4n) is 3.42. The molecule has 2 unspecified atom stereocenters. The van der Waals surface area contributed by atoms with Crippen LogP contribution in [0.15, 0.2) is 6.07 Å². The van der Waals surface area contributed by atoms with Crippen molar-refractivity contribution < 1.29 is 4.74 Å². The number of nitrogen functional groups attached to an aromatic ring is 1. The first kappa shape index (κ1) is 11.6. The molecule has 2 fully saturated rings. The number of anilines is 2. The van der Waals surface area contributed by atoms with Crippen LogP contribution in [0.1, 0.15) is 32.1 Å². The number of piperidine rings is 1. The van der Waals surface area contributed by atoms with Crippen molar-refractivity contribution in [2.75, 3.05) is 24.3 Å². The van der Waals surface area contributed by atoms with Gasteiger partial charge in [0.05, 0.1) is 7.11 Å². The Kier molecular flexibility index (Phi) is 2.97. The Balaban J connectivity index is 1.90. The predicted molar refractivity (Wildman–Crippen MR) is 70.7 cm³/mol. The fraction of sp³-hybridized carbons (Fsp3) is 0.692. The molecule has 1 saturated carbocycles. The summed E-state index contributed by atoms with van der Waals surface area (Å²) in [6, 6.07) is 2.54. The quantitative estimate of drug-likeness (QED) is 0.865. The molecule has 5 nitrogen and oxygen atoms in total. The molecule has 5 heteroatoms. The SMILES string of the molecule is COc1cc(N2CCCC3CCCC32)nc(N)n1. The molecule has 1 aromatic heterocycles. The van der Waals surface area contributed by atoms with Crippen LogP contribution in [-0.2, 0) is 0 Å². The zero-order chi connectivity index (χ0) is 12.5. The number of fused-ring (bicyclic) bond motifs is 1. The predicted octanol–water partition coefficient (Wildman–Crippen LogP) is 1.84. The highest BCUT2D eigenvalue weighted by molar-refractivity contribution is 5.47. The molecule has 2 atom stereocenters. The van der Waals surface area contributed by atoms with E-state index in [0.717, 1.165) is 18.3 Å². The Morgan fingerprint density at radius 1 is 1.28 bits per heavy atom. The third kappa shape index (κ3) is 1.98. The number of methoxy groups -OCH3 is 1. The van der Waals surface area contributed by atoms with Crippen molar-refractivity contribution >= 4 is 11.8 Å². The van der Waals surface area contributed by atoms with Gasteiger partial charge in [0.15, 0.2) is 0 Å². The molecule has 0 spiro atoms. The lowest BCUT2D eigenvalue weighted by molar-refractivity contribution is 0.358. The topological polar surface area (TPSA) is 64.3 Å². The van der Waals surface area contributed by atoms with Crippen LogP contribution in [0, 0.1) is 5.92 Å². The van der Waals surface area contributed by atoms with Crippen LogP contribution in [-0.4, -0.2) is 29.7 Å². The standard InChI is InChI=1S/C13H20N4O/c1-18-12-8-11(15-13(14)16-12)17-7-3-5-9-4-2-6-10(9)17/h8-10H,2-7H2,1H3,(H2,14,15,16). The first-order valence-electron chi connectivity index (χ1n) is 6.73. The summed E-state index contributed by atoms with van der Waals surface area (Å²) < 4.78 is 5.18. The zero-order valence-electron chi connectivity index (χ0n) is 10.8. The van der Waals surface area contributed by atoms with E-state index in [1.54, 1.807) is 7.11 Å². The molecule has 1 saturated heterocycles. The van der Waals surface area contributed by atoms with E-state index < -0.39 is 0 Å². The highest BCUT2D eigenvalue weighted by Gasteiger charge is 2.35. The molecular formula is C13H20N4O. The van der Waals surface area contributed by atoms with Gasteiger partial charge in [-0.2, -0.15) is 9.97 Å². The lowest BCUT2D eigenvalue weighted by Gasteiger charge is -2.38. The van der Waals surface area contributed by atoms with E-state index in [-0.39, 0.29) is 0 Å². The Bertz CT molecular complexity index is 437. The summed E-state index contributed by atoms with van der Waals surface area (Å²) in [5.41, 5.74) is 5.75. The molecule has 2 heterocycles. The molecule has 1 aliphatic carbocycles. The maximum atomic E-state index is 5.75. The maximum absolute atomic E-state index is 5.75. The second-order valence-electron chi connectivity index (χ2n) is 5.22. The van der Waals surface area contributed by atoms with Crippen molar-refractivity contribution in [3.8, 4) is 5.88 Å². The lowest BCUT2D eigenvalue weighted by Crippen LogP contribution is -2.43. The van der Waals surface area contributed by atoms with Gasteiger partial charge in [0.2, 0.25) is 11.8 Å². The van der Waals surface area contributed by atoms with Gasteiger partial charge in [0.1, 0.15) is 5.82 Å². The van der Waals surface area contributed by atoms with Crippen LogP contribution >= 0.6 is 0 Å². The average Bonchev–Trinajstić information content (AvgIpc) is 2.85. The largest absolute Gasteiger partial charge is 0.481 e. The number of hydrogen-bond donors (Lipinski definition) is 1. The number of nitrogens with zero attached hydrogens (tertiary/aromatic N) is 3. The summed E-state index contributed by atoms with van der Waals surface area (Å²) in [4.78, 5) is 10.8. The fourth-order valence-corrected chi connectivity index (χ4v) is 3.42. The molecule has 1 aliphatic heterocycles. The Morgan fingerprint density at radius 3 is 2.94 bits per heavy atom. The summed E-state index contributed by atoms with van der Waals surface area (Å²) in [7, 11) is 1.61.